The summed E-state index contributed by atoms with van der Waals surface area (Å²) in [6.45, 7) is 1.43. The molecule has 0 atom stereocenters. The van der Waals surface area contributed by atoms with Gasteiger partial charge in [-0.2, -0.15) is 0 Å². The van der Waals surface area contributed by atoms with Gasteiger partial charge in [-0.15, -0.1) is 0 Å². The van der Waals surface area contributed by atoms with Crippen molar-refractivity contribution in [3.05, 3.63) is 44.3 Å². The van der Waals surface area contributed by atoms with Gasteiger partial charge in [-0.3, -0.25) is 14.7 Å². The molecule has 1 aliphatic rings. The van der Waals surface area contributed by atoms with E-state index < -0.39 is 15.4 Å². The van der Waals surface area contributed by atoms with E-state index in [1.54, 1.807) is 12.1 Å². The summed E-state index contributed by atoms with van der Waals surface area (Å²) in [5.74, 6) is 0.159. The highest BCUT2D eigenvalue weighted by Gasteiger charge is 2.24. The van der Waals surface area contributed by atoms with E-state index in [0.29, 0.717) is 37.3 Å². The minimum absolute atomic E-state index is 0.118. The molecule has 0 spiro atoms. The maximum atomic E-state index is 12.1. The Morgan fingerprint density at radius 3 is 2.81 bits per heavy atom. The number of H-pyrrole nitrogens is 1. The van der Waals surface area contributed by atoms with Gasteiger partial charge in [0.1, 0.15) is 0 Å². The van der Waals surface area contributed by atoms with E-state index in [1.807, 2.05) is 4.90 Å². The Labute approximate surface area is 155 Å². The second-order valence-corrected chi connectivity index (χ2v) is 8.50. The maximum absolute atomic E-state index is 12.1. The molecule has 0 amide bonds. The van der Waals surface area contributed by atoms with Crippen LogP contribution in [-0.2, 0) is 29.3 Å². The number of aromatic hydroxyl groups is 1. The molecule has 1 aliphatic heterocycles. The highest BCUT2D eigenvalue weighted by Crippen LogP contribution is 2.35. The first-order valence-electron chi connectivity index (χ1n) is 7.79. The summed E-state index contributed by atoms with van der Waals surface area (Å²) >= 11 is 6.02. The van der Waals surface area contributed by atoms with Crippen molar-refractivity contribution in [2.24, 2.45) is 0 Å². The first-order chi connectivity index (χ1) is 12.2. The predicted octanol–water partition coefficient (Wildman–Crippen LogP) is 1.10. The highest BCUT2D eigenvalue weighted by molar-refractivity contribution is 7.90. The molecule has 10 heteroatoms. The Balaban J connectivity index is 1.88. The quantitative estimate of drug-likeness (QED) is 0.740. The number of nitrogens with zero attached hydrogens (tertiary/aromatic N) is 2. The normalized spacial score (nSPS) is 14.9. The Morgan fingerprint density at radius 2 is 2.15 bits per heavy atom. The summed E-state index contributed by atoms with van der Waals surface area (Å²) in [4.78, 5) is 20.6. The molecule has 1 aromatic heterocycles. The number of methoxy groups -OCH3 is 1. The molecule has 3 rings (SSSR count). The summed E-state index contributed by atoms with van der Waals surface area (Å²) in [7, 11) is -2.16. The van der Waals surface area contributed by atoms with Gasteiger partial charge in [0.15, 0.2) is 11.5 Å². The van der Waals surface area contributed by atoms with E-state index in [1.165, 1.54) is 7.11 Å². The third kappa shape index (κ3) is 3.69. The Bertz CT molecular complexity index is 1020. The molecule has 0 bridgehead atoms. The summed E-state index contributed by atoms with van der Waals surface area (Å²) in [5, 5.41) is 9.68. The second kappa shape index (κ2) is 6.90. The maximum Gasteiger partial charge on any atom is 0.255 e. The molecule has 1 aromatic carbocycles. The zero-order valence-electron chi connectivity index (χ0n) is 14.2. The van der Waals surface area contributed by atoms with Crippen molar-refractivity contribution < 1.29 is 18.3 Å². The number of hydrogen-bond acceptors (Lipinski definition) is 7. The number of nitrogens with one attached hydrogen (secondary N) is 1. The minimum atomic E-state index is -3.60. The lowest BCUT2D eigenvalue weighted by molar-refractivity contribution is 0.238. The SMILES string of the molecule is COc1cc(CN2CCc3c(nc(S(C)(=O)=O)[nH]c3=O)C2)cc(Cl)c1O. The standard InChI is InChI=1S/C16H18ClN3O5S/c1-25-13-6-9(5-11(17)14(13)21)7-20-4-3-10-12(8-20)18-16(19-15(10)22)26(2,23)24/h5-6,21H,3-4,7-8H2,1-2H3,(H,18,19,22). The van der Waals surface area contributed by atoms with Crippen LogP contribution < -0.4 is 10.3 Å². The molecule has 0 fully saturated rings. The van der Waals surface area contributed by atoms with Gasteiger partial charge in [-0.25, -0.2) is 13.4 Å². The number of aromatic amines is 1. The van der Waals surface area contributed by atoms with Crippen LogP contribution in [0.15, 0.2) is 22.1 Å². The van der Waals surface area contributed by atoms with E-state index >= 15 is 0 Å². The largest absolute Gasteiger partial charge is 0.503 e. The van der Waals surface area contributed by atoms with Gasteiger partial charge < -0.3 is 9.84 Å². The molecule has 0 radical (unpaired) electrons. The number of phenolic OH excluding ortho intramolecular Hbond substituents is 1. The van der Waals surface area contributed by atoms with Crippen LogP contribution in [-0.4, -0.2) is 48.3 Å². The lowest BCUT2D eigenvalue weighted by Gasteiger charge is -2.27. The van der Waals surface area contributed by atoms with E-state index in [2.05, 4.69) is 9.97 Å². The number of benzene rings is 1. The van der Waals surface area contributed by atoms with Crippen LogP contribution in [0.5, 0.6) is 11.5 Å². The van der Waals surface area contributed by atoms with Crippen LogP contribution in [0.1, 0.15) is 16.8 Å². The molecular weight excluding hydrogens is 382 g/mol. The van der Waals surface area contributed by atoms with Crippen molar-refractivity contribution in [3.63, 3.8) is 0 Å². The number of aromatic nitrogens is 2. The van der Waals surface area contributed by atoms with Gasteiger partial charge in [-0.05, 0) is 24.1 Å². The van der Waals surface area contributed by atoms with Gasteiger partial charge in [0, 0.05) is 31.5 Å². The topological polar surface area (TPSA) is 113 Å². The lowest BCUT2D eigenvalue weighted by atomic mass is 10.1. The molecule has 0 saturated carbocycles. The molecule has 2 heterocycles. The van der Waals surface area contributed by atoms with E-state index in [9.17, 15) is 18.3 Å². The molecule has 2 aromatic rings. The fraction of sp³-hybridized carbons (Fsp3) is 0.375. The number of halogens is 1. The zero-order chi connectivity index (χ0) is 19.1. The zero-order valence-corrected chi connectivity index (χ0v) is 15.8. The smallest absolute Gasteiger partial charge is 0.255 e. The highest BCUT2D eigenvalue weighted by atomic mass is 35.5. The molecule has 8 nitrogen and oxygen atoms in total. The lowest BCUT2D eigenvalue weighted by Crippen LogP contribution is -2.35. The van der Waals surface area contributed by atoms with Crippen LogP contribution in [0.3, 0.4) is 0 Å². The fourth-order valence-electron chi connectivity index (χ4n) is 2.91. The van der Waals surface area contributed by atoms with E-state index in [-0.39, 0.29) is 21.7 Å². The third-order valence-corrected chi connectivity index (χ3v) is 5.38. The number of fused-ring (bicyclic) bond motifs is 1. The van der Waals surface area contributed by atoms with Crippen LogP contribution in [0.2, 0.25) is 5.02 Å². The number of sulfone groups is 1. The van der Waals surface area contributed by atoms with Crippen molar-refractivity contribution in [2.75, 3.05) is 19.9 Å². The molecular formula is C16H18ClN3O5S. The van der Waals surface area contributed by atoms with E-state index in [0.717, 1.165) is 11.8 Å². The average Bonchev–Trinajstić information content (AvgIpc) is 2.56. The number of phenols is 1. The average molecular weight is 400 g/mol. The fourth-order valence-corrected chi connectivity index (χ4v) is 3.70. The molecule has 0 aliphatic carbocycles. The van der Waals surface area contributed by atoms with Crippen LogP contribution in [0, 0.1) is 0 Å². The number of rotatable bonds is 4. The first kappa shape index (κ1) is 18.7. The van der Waals surface area contributed by atoms with E-state index in [4.69, 9.17) is 16.3 Å². The minimum Gasteiger partial charge on any atom is -0.503 e. The summed E-state index contributed by atoms with van der Waals surface area (Å²) in [6, 6.07) is 3.33. The van der Waals surface area contributed by atoms with Crippen LogP contribution in [0.4, 0.5) is 0 Å². The van der Waals surface area contributed by atoms with Gasteiger partial charge in [0.2, 0.25) is 15.0 Å². The van der Waals surface area contributed by atoms with Gasteiger partial charge in [0.05, 0.1) is 17.8 Å². The Morgan fingerprint density at radius 1 is 1.42 bits per heavy atom. The predicted molar refractivity (Wildman–Crippen MR) is 95.5 cm³/mol. The van der Waals surface area contributed by atoms with Crippen molar-refractivity contribution in [1.82, 2.24) is 14.9 Å². The monoisotopic (exact) mass is 399 g/mol. The molecule has 0 saturated heterocycles. The van der Waals surface area contributed by atoms with Gasteiger partial charge in [0.25, 0.3) is 5.56 Å². The summed E-state index contributed by atoms with van der Waals surface area (Å²) in [6.07, 6.45) is 1.47. The van der Waals surface area contributed by atoms with Crippen molar-refractivity contribution in [3.8, 4) is 11.5 Å². The Kier molecular flexibility index (Phi) is 4.96. The molecule has 140 valence electrons. The summed E-state index contributed by atoms with van der Waals surface area (Å²) in [5.41, 5.74) is 1.37. The first-order valence-corrected chi connectivity index (χ1v) is 10.1. The number of hydrogen-bond donors (Lipinski definition) is 2. The van der Waals surface area contributed by atoms with Crippen molar-refractivity contribution in [2.45, 2.75) is 24.7 Å². The Hall–Kier alpha value is -2.10. The van der Waals surface area contributed by atoms with Gasteiger partial charge in [-0.1, -0.05) is 11.6 Å². The second-order valence-electron chi connectivity index (χ2n) is 6.16. The van der Waals surface area contributed by atoms with Crippen LogP contribution >= 0.6 is 11.6 Å². The van der Waals surface area contributed by atoms with Crippen LogP contribution in [0.25, 0.3) is 0 Å². The number of ether oxygens (including phenoxy) is 1. The van der Waals surface area contributed by atoms with Crippen molar-refractivity contribution in [1.29, 1.82) is 0 Å². The summed E-state index contributed by atoms with van der Waals surface area (Å²) < 4.78 is 28.5. The molecule has 2 N–H and O–H groups in total. The molecule has 0 unspecified atom stereocenters. The third-order valence-electron chi connectivity index (χ3n) is 4.20. The van der Waals surface area contributed by atoms with Gasteiger partial charge >= 0.3 is 0 Å². The van der Waals surface area contributed by atoms with Crippen molar-refractivity contribution >= 4 is 21.4 Å². The molecule has 26 heavy (non-hydrogen) atoms.